The van der Waals surface area contributed by atoms with E-state index in [0.717, 1.165) is 30.4 Å². The third-order valence-corrected chi connectivity index (χ3v) is 6.97. The van der Waals surface area contributed by atoms with E-state index >= 15 is 0 Å². The van der Waals surface area contributed by atoms with Crippen LogP contribution in [-0.2, 0) is 9.53 Å². The first-order valence-electron chi connectivity index (χ1n) is 13.2. The van der Waals surface area contributed by atoms with Gasteiger partial charge in [0, 0.05) is 6.42 Å². The van der Waals surface area contributed by atoms with Gasteiger partial charge in [0.05, 0.1) is 10.9 Å². The van der Waals surface area contributed by atoms with Gasteiger partial charge in [-0.3, -0.25) is 4.79 Å². The Balaban J connectivity index is 1.75. The first kappa shape index (κ1) is 28.9. The fraction of sp³-hybridized carbons (Fsp3) is 0.533. The average Bonchev–Trinajstić information content (AvgIpc) is 2.88. The second-order valence-electron chi connectivity index (χ2n) is 9.30. The molecule has 0 aromatic heterocycles. The quantitative estimate of drug-likeness (QED) is 0.100. The van der Waals surface area contributed by atoms with Crippen molar-refractivity contribution in [3.8, 4) is 16.9 Å². The van der Waals surface area contributed by atoms with E-state index in [4.69, 9.17) is 21.1 Å². The number of esters is 2. The van der Waals surface area contributed by atoms with E-state index < -0.39 is 0 Å². The lowest BCUT2D eigenvalue weighted by Crippen LogP contribution is -2.20. The number of hydrogen-bond donors (Lipinski definition) is 0. The summed E-state index contributed by atoms with van der Waals surface area (Å²) in [5, 5.41) is -0.184. The van der Waals surface area contributed by atoms with E-state index in [2.05, 4.69) is 13.8 Å². The molecule has 35 heavy (non-hydrogen) atoms. The average molecular weight is 501 g/mol. The minimum atomic E-state index is -0.371. The van der Waals surface area contributed by atoms with Gasteiger partial charge in [0.15, 0.2) is 0 Å². The van der Waals surface area contributed by atoms with Crippen molar-refractivity contribution in [2.45, 2.75) is 90.4 Å². The van der Waals surface area contributed by atoms with Gasteiger partial charge in [0.1, 0.15) is 12.4 Å². The molecule has 0 heterocycles. The zero-order valence-corrected chi connectivity index (χ0v) is 22.3. The lowest BCUT2D eigenvalue weighted by Gasteiger charge is -2.16. The van der Waals surface area contributed by atoms with E-state index in [1.165, 1.54) is 38.5 Å². The van der Waals surface area contributed by atoms with Crippen molar-refractivity contribution in [3.05, 3.63) is 54.1 Å². The number of alkyl halides is 1. The summed E-state index contributed by atoms with van der Waals surface area (Å²) < 4.78 is 10.8. The first-order chi connectivity index (χ1) is 16.9. The molecule has 2 unspecified atom stereocenters. The number of benzene rings is 2. The Labute approximate surface area is 216 Å². The molecular weight excluding hydrogens is 460 g/mol. The van der Waals surface area contributed by atoms with Gasteiger partial charge in [0.25, 0.3) is 0 Å². The second kappa shape index (κ2) is 16.4. The van der Waals surface area contributed by atoms with Crippen LogP contribution in [0.4, 0.5) is 0 Å². The van der Waals surface area contributed by atoms with Gasteiger partial charge in [-0.15, -0.1) is 11.6 Å². The number of rotatable bonds is 16. The maximum atomic E-state index is 12.3. The summed E-state index contributed by atoms with van der Waals surface area (Å²) in [7, 11) is 0. The molecule has 5 heteroatoms. The van der Waals surface area contributed by atoms with Crippen molar-refractivity contribution < 1.29 is 19.1 Å². The normalized spacial score (nSPS) is 12.7. The largest absolute Gasteiger partial charge is 0.461 e. The molecule has 0 spiro atoms. The second-order valence-corrected chi connectivity index (χ2v) is 9.86. The van der Waals surface area contributed by atoms with Gasteiger partial charge in [-0.25, -0.2) is 4.79 Å². The van der Waals surface area contributed by atoms with Crippen LogP contribution in [0.25, 0.3) is 11.1 Å². The van der Waals surface area contributed by atoms with Crippen LogP contribution in [0.2, 0.25) is 0 Å². The molecule has 2 rings (SSSR count). The Morgan fingerprint density at radius 3 is 1.91 bits per heavy atom. The molecule has 4 nitrogen and oxygen atoms in total. The summed E-state index contributed by atoms with van der Waals surface area (Å²) in [6, 6.07) is 14.7. The molecule has 0 aliphatic heterocycles. The Morgan fingerprint density at radius 1 is 0.800 bits per heavy atom. The molecule has 0 aliphatic carbocycles. The smallest absolute Gasteiger partial charge is 0.338 e. The molecule has 0 radical (unpaired) electrons. The highest BCUT2D eigenvalue weighted by molar-refractivity contribution is 6.21. The topological polar surface area (TPSA) is 52.6 Å². The number of hydrogen-bond acceptors (Lipinski definition) is 4. The fourth-order valence-electron chi connectivity index (χ4n) is 3.76. The minimum Gasteiger partial charge on any atom is -0.461 e. The van der Waals surface area contributed by atoms with E-state index in [1.54, 1.807) is 24.3 Å². The number of unbranched alkanes of at least 4 members (excludes halogenated alkanes) is 7. The van der Waals surface area contributed by atoms with Gasteiger partial charge >= 0.3 is 11.9 Å². The lowest BCUT2D eigenvalue weighted by molar-refractivity contribution is -0.134. The van der Waals surface area contributed by atoms with E-state index in [9.17, 15) is 9.59 Å². The van der Waals surface area contributed by atoms with Crippen LogP contribution in [-0.4, -0.2) is 23.9 Å². The van der Waals surface area contributed by atoms with Crippen molar-refractivity contribution in [2.75, 3.05) is 6.61 Å². The van der Waals surface area contributed by atoms with Gasteiger partial charge in [-0.1, -0.05) is 96.4 Å². The van der Waals surface area contributed by atoms with Crippen LogP contribution in [0.15, 0.2) is 48.5 Å². The molecule has 0 saturated heterocycles. The fourth-order valence-corrected chi connectivity index (χ4v) is 4.00. The molecule has 2 atom stereocenters. The first-order valence-corrected chi connectivity index (χ1v) is 13.6. The Bertz CT molecular complexity index is 876. The van der Waals surface area contributed by atoms with Gasteiger partial charge < -0.3 is 9.47 Å². The zero-order chi connectivity index (χ0) is 25.5. The summed E-state index contributed by atoms with van der Waals surface area (Å²) in [6.07, 6.45) is 11.0. The number of ether oxygens (including phenoxy) is 2. The van der Waals surface area contributed by atoms with Crippen LogP contribution in [0.1, 0.15) is 95.3 Å². The van der Waals surface area contributed by atoms with Gasteiger partial charge in [-0.2, -0.15) is 0 Å². The molecule has 0 amide bonds. The third kappa shape index (κ3) is 10.9. The standard InChI is InChI=1S/C30H41ClO4/c1-4-6-7-8-9-10-11-12-13-29(32)35-27-20-18-25(19-21-27)24-14-16-26(17-15-24)30(33)34-22-28(31)23(3)5-2/h14-21,23,28H,4-13,22H2,1-3H3. The summed E-state index contributed by atoms with van der Waals surface area (Å²) in [4.78, 5) is 24.4. The van der Waals surface area contributed by atoms with E-state index in [1.807, 2.05) is 31.2 Å². The van der Waals surface area contributed by atoms with Gasteiger partial charge in [-0.05, 0) is 47.7 Å². The predicted molar refractivity (Wildman–Crippen MR) is 144 cm³/mol. The summed E-state index contributed by atoms with van der Waals surface area (Å²) in [5.41, 5.74) is 2.44. The number of carbonyl (C=O) groups excluding carboxylic acids is 2. The minimum absolute atomic E-state index is 0.181. The highest BCUT2D eigenvalue weighted by Crippen LogP contribution is 2.24. The summed E-state index contributed by atoms with van der Waals surface area (Å²) in [6.45, 7) is 6.54. The molecule has 2 aromatic carbocycles. The maximum absolute atomic E-state index is 12.3. The number of halogens is 1. The lowest BCUT2D eigenvalue weighted by atomic mass is 10.0. The summed E-state index contributed by atoms with van der Waals surface area (Å²) >= 11 is 6.26. The van der Waals surface area contributed by atoms with Crippen LogP contribution in [0.5, 0.6) is 5.75 Å². The molecule has 0 aliphatic rings. The van der Waals surface area contributed by atoms with Crippen molar-refractivity contribution in [3.63, 3.8) is 0 Å². The maximum Gasteiger partial charge on any atom is 0.338 e. The molecular formula is C30H41ClO4. The monoisotopic (exact) mass is 500 g/mol. The van der Waals surface area contributed by atoms with Crippen LogP contribution >= 0.6 is 11.6 Å². The Morgan fingerprint density at radius 2 is 1.34 bits per heavy atom. The molecule has 0 N–H and O–H groups in total. The van der Waals surface area contributed by atoms with Crippen LogP contribution in [0.3, 0.4) is 0 Å². The molecule has 0 fully saturated rings. The SMILES string of the molecule is CCCCCCCCCCC(=O)Oc1ccc(-c2ccc(C(=O)OCC(Cl)C(C)CC)cc2)cc1. The number of carbonyl (C=O) groups is 2. The van der Waals surface area contributed by atoms with Crippen molar-refractivity contribution >= 4 is 23.5 Å². The van der Waals surface area contributed by atoms with Crippen LogP contribution in [0, 0.1) is 5.92 Å². The van der Waals surface area contributed by atoms with Crippen molar-refractivity contribution in [1.82, 2.24) is 0 Å². The Hall–Kier alpha value is -2.33. The van der Waals surface area contributed by atoms with Crippen molar-refractivity contribution in [2.24, 2.45) is 5.92 Å². The third-order valence-electron chi connectivity index (χ3n) is 6.41. The highest BCUT2D eigenvalue weighted by Gasteiger charge is 2.16. The van der Waals surface area contributed by atoms with Crippen LogP contribution < -0.4 is 4.74 Å². The van der Waals surface area contributed by atoms with Crippen molar-refractivity contribution in [1.29, 1.82) is 0 Å². The molecule has 2 aromatic rings. The Kier molecular flexibility index (Phi) is 13.5. The molecule has 0 bridgehead atoms. The summed E-state index contributed by atoms with van der Waals surface area (Å²) in [5.74, 6) is 0.290. The zero-order valence-electron chi connectivity index (χ0n) is 21.6. The molecule has 192 valence electrons. The highest BCUT2D eigenvalue weighted by atomic mass is 35.5. The molecule has 0 saturated carbocycles. The van der Waals surface area contributed by atoms with E-state index in [0.29, 0.717) is 23.7 Å². The predicted octanol–water partition coefficient (Wildman–Crippen LogP) is 8.60. The van der Waals surface area contributed by atoms with Gasteiger partial charge in [0.2, 0.25) is 0 Å². The van der Waals surface area contributed by atoms with E-state index in [-0.39, 0.29) is 23.9 Å².